The number of aliphatic imine (C=N–C) groups is 1. The quantitative estimate of drug-likeness (QED) is 0.0173. The first kappa shape index (κ1) is 73.0. The largest absolute Gasteiger partial charge is 0.508 e. The third-order valence-corrected chi connectivity index (χ3v) is 13.5. The molecule has 0 aliphatic carbocycles. The zero-order valence-electron chi connectivity index (χ0n) is 49.4. The van der Waals surface area contributed by atoms with Crippen molar-refractivity contribution in [3.8, 4) is 11.5 Å². The molecule has 0 radical (unpaired) electrons. The summed E-state index contributed by atoms with van der Waals surface area (Å²) in [5.74, 6) is -11.8. The van der Waals surface area contributed by atoms with E-state index < -0.39 is 164 Å². The number of aromatic hydroxyl groups is 2. The highest BCUT2D eigenvalue weighted by Gasteiger charge is 2.40. The standard InChI is InChI=1S/C55H83N15O18/c1-27(2)20-36(62-30(5)75)48(82)65-38(22-32-12-16-34(77)17-13-32)50(84)64-35(8-6-18-59-55(57)58)47(81)61-28(3)46(80)67-40(25-72)51(85)69-44(29(4)74)53(87)68-41(26-73)54(88)70-19-7-9-42(70)52(86)60-23-43(78)63-37(21-31-10-14-33(76)15-11-31)49(83)66-39(24-71)45(56)79/h10-17,27-29,35-42,44,71-74,76-77H,6-9,18-26H2,1-5H3,(H2,56,79)(H,60,86)(H,61,81)(H,62,75)(H,63,78)(H,64,84)(H,65,82)(H,66,83)(H,67,80)(H,68,87)(H,69,85)(H4,57,58,59)/t28-,29+,35-,36-,37-,38-,39-,40-,41-,42-,44-/m0/s1. The molecule has 0 saturated carbocycles. The number of carbonyl (C=O) groups is 12. The van der Waals surface area contributed by atoms with Crippen LogP contribution in [0.5, 0.6) is 11.5 Å². The van der Waals surface area contributed by atoms with Gasteiger partial charge in [0.2, 0.25) is 70.9 Å². The van der Waals surface area contributed by atoms with Gasteiger partial charge >= 0.3 is 0 Å². The summed E-state index contributed by atoms with van der Waals surface area (Å²) in [6.45, 7) is 3.28. The monoisotopic (exact) mass is 1240 g/mol. The number of rotatable bonds is 35. The lowest BCUT2D eigenvalue weighted by atomic mass is 10.0. The molecule has 1 aliphatic rings. The van der Waals surface area contributed by atoms with E-state index in [9.17, 15) is 88.2 Å². The molecule has 22 N–H and O–H groups in total. The zero-order chi connectivity index (χ0) is 65.9. The Morgan fingerprint density at radius 3 is 1.56 bits per heavy atom. The van der Waals surface area contributed by atoms with E-state index >= 15 is 0 Å². The molecule has 0 spiro atoms. The number of nitrogens with two attached hydrogens (primary N) is 3. The first-order valence-corrected chi connectivity index (χ1v) is 28.2. The van der Waals surface area contributed by atoms with Crippen molar-refractivity contribution >= 4 is 76.8 Å². The number of nitrogens with zero attached hydrogens (tertiary/aromatic N) is 2. The van der Waals surface area contributed by atoms with Gasteiger partial charge in [0.15, 0.2) is 5.96 Å². The summed E-state index contributed by atoms with van der Waals surface area (Å²) in [6.07, 6.45) is -1.61. The smallest absolute Gasteiger partial charge is 0.248 e. The van der Waals surface area contributed by atoms with Crippen LogP contribution in [0, 0.1) is 5.92 Å². The van der Waals surface area contributed by atoms with Crippen molar-refractivity contribution in [3.05, 3.63) is 59.7 Å². The van der Waals surface area contributed by atoms with Crippen molar-refractivity contribution in [2.45, 2.75) is 146 Å². The summed E-state index contributed by atoms with van der Waals surface area (Å²) in [6, 6.07) is -3.80. The lowest BCUT2D eigenvalue weighted by Crippen LogP contribution is -2.62. The van der Waals surface area contributed by atoms with E-state index in [-0.39, 0.29) is 81.4 Å². The summed E-state index contributed by atoms with van der Waals surface area (Å²) in [5, 5.41) is 84.1. The Hall–Kier alpha value is -9.21. The minimum Gasteiger partial charge on any atom is -0.508 e. The number of carbonyl (C=O) groups excluding carboxylic acids is 12. The van der Waals surface area contributed by atoms with E-state index in [0.29, 0.717) is 11.1 Å². The molecular weight excluding hydrogens is 1160 g/mol. The molecule has 3 rings (SSSR count). The van der Waals surface area contributed by atoms with Gasteiger partial charge in [-0.25, -0.2) is 0 Å². The highest BCUT2D eigenvalue weighted by molar-refractivity contribution is 5.99. The Kier molecular flexibility index (Phi) is 29.9. The highest BCUT2D eigenvalue weighted by Crippen LogP contribution is 2.20. The van der Waals surface area contributed by atoms with Crippen LogP contribution in [0.1, 0.15) is 77.8 Å². The van der Waals surface area contributed by atoms with Gasteiger partial charge in [0.05, 0.1) is 32.5 Å². The lowest BCUT2D eigenvalue weighted by molar-refractivity contribution is -0.143. The lowest BCUT2D eigenvalue weighted by Gasteiger charge is -2.30. The first-order valence-electron chi connectivity index (χ1n) is 28.2. The second-order valence-electron chi connectivity index (χ2n) is 21.3. The topological polar surface area (TPSA) is 540 Å². The van der Waals surface area contributed by atoms with E-state index in [1.54, 1.807) is 0 Å². The summed E-state index contributed by atoms with van der Waals surface area (Å²) in [5.41, 5.74) is 17.1. The van der Waals surface area contributed by atoms with E-state index in [0.717, 1.165) is 11.8 Å². The number of likely N-dealkylation sites (tertiary alicyclic amines) is 1. The third kappa shape index (κ3) is 24.3. The summed E-state index contributed by atoms with van der Waals surface area (Å²) < 4.78 is 0. The highest BCUT2D eigenvalue weighted by atomic mass is 16.3. The van der Waals surface area contributed by atoms with Crippen molar-refractivity contribution in [1.29, 1.82) is 0 Å². The van der Waals surface area contributed by atoms with Crippen LogP contribution in [-0.4, -0.2) is 218 Å². The van der Waals surface area contributed by atoms with Crippen LogP contribution in [0.3, 0.4) is 0 Å². The summed E-state index contributed by atoms with van der Waals surface area (Å²) >= 11 is 0. The van der Waals surface area contributed by atoms with Crippen molar-refractivity contribution in [3.63, 3.8) is 0 Å². The van der Waals surface area contributed by atoms with E-state index in [1.165, 1.54) is 62.4 Å². The number of aliphatic hydroxyl groups excluding tert-OH is 4. The molecule has 11 atom stereocenters. The van der Waals surface area contributed by atoms with Gasteiger partial charge < -0.3 is 106 Å². The average Bonchev–Trinajstić information content (AvgIpc) is 4.20. The van der Waals surface area contributed by atoms with Gasteiger partial charge in [-0.05, 0) is 87.3 Å². The fourth-order valence-electron chi connectivity index (χ4n) is 8.91. The van der Waals surface area contributed by atoms with Gasteiger partial charge in [-0.1, -0.05) is 38.1 Å². The Morgan fingerprint density at radius 2 is 1.06 bits per heavy atom. The molecule has 1 aliphatic heterocycles. The molecular formula is C55H83N15O18. The number of nitrogens with one attached hydrogen (secondary N) is 10. The summed E-state index contributed by atoms with van der Waals surface area (Å²) in [7, 11) is 0. The zero-order valence-corrected chi connectivity index (χ0v) is 49.4. The molecule has 33 nitrogen and oxygen atoms in total. The van der Waals surface area contributed by atoms with Crippen molar-refractivity contribution in [2.24, 2.45) is 28.1 Å². The molecule has 2 aromatic carbocycles. The summed E-state index contributed by atoms with van der Waals surface area (Å²) in [4.78, 5) is 165. The van der Waals surface area contributed by atoms with Crippen LogP contribution < -0.4 is 70.4 Å². The van der Waals surface area contributed by atoms with Crippen molar-refractivity contribution < 1.29 is 88.2 Å². The molecule has 1 heterocycles. The number of aliphatic hydroxyl groups is 4. The number of primary amides is 1. The molecule has 12 amide bonds. The number of amides is 12. The minimum absolute atomic E-state index is 0.00755. The Labute approximate surface area is 506 Å². The maximum atomic E-state index is 14.1. The fourth-order valence-corrected chi connectivity index (χ4v) is 8.91. The number of phenolic OH excluding ortho intramolecular Hbond substituents is 2. The third-order valence-electron chi connectivity index (χ3n) is 13.5. The molecule has 0 bridgehead atoms. The maximum Gasteiger partial charge on any atom is 0.248 e. The molecule has 33 heteroatoms. The second kappa shape index (κ2) is 36.1. The normalized spacial score (nSPS) is 16.2. The van der Waals surface area contributed by atoms with Crippen LogP contribution in [0.2, 0.25) is 0 Å². The van der Waals surface area contributed by atoms with E-state index in [4.69, 9.17) is 17.2 Å². The Balaban J connectivity index is 1.71. The second-order valence-corrected chi connectivity index (χ2v) is 21.3. The molecule has 2 aromatic rings. The molecule has 0 aromatic heterocycles. The Morgan fingerprint density at radius 1 is 0.580 bits per heavy atom. The predicted octanol–water partition coefficient (Wildman–Crippen LogP) is -7.66. The van der Waals surface area contributed by atoms with Crippen LogP contribution in [0.4, 0.5) is 0 Å². The van der Waals surface area contributed by atoms with Gasteiger partial charge in [-0.2, -0.15) is 0 Å². The number of benzene rings is 2. The van der Waals surface area contributed by atoms with Gasteiger partial charge in [0, 0.05) is 32.9 Å². The molecule has 1 saturated heterocycles. The van der Waals surface area contributed by atoms with Gasteiger partial charge in [-0.3, -0.25) is 62.5 Å². The number of hydrogen-bond acceptors (Lipinski definition) is 19. The van der Waals surface area contributed by atoms with Gasteiger partial charge in [0.1, 0.15) is 71.9 Å². The number of hydrogen-bond donors (Lipinski definition) is 19. The van der Waals surface area contributed by atoms with E-state index in [1.807, 2.05) is 13.8 Å². The van der Waals surface area contributed by atoms with Crippen molar-refractivity contribution in [2.75, 3.05) is 39.5 Å². The van der Waals surface area contributed by atoms with Gasteiger partial charge in [0.25, 0.3) is 0 Å². The van der Waals surface area contributed by atoms with Crippen LogP contribution >= 0.6 is 0 Å². The van der Waals surface area contributed by atoms with Crippen LogP contribution in [-0.2, 0) is 70.4 Å². The van der Waals surface area contributed by atoms with Crippen molar-refractivity contribution in [1.82, 2.24) is 58.1 Å². The first-order chi connectivity index (χ1) is 41.5. The van der Waals surface area contributed by atoms with Crippen LogP contribution in [0.15, 0.2) is 53.5 Å². The molecule has 0 unspecified atom stereocenters. The molecule has 486 valence electrons. The van der Waals surface area contributed by atoms with Gasteiger partial charge in [-0.15, -0.1) is 0 Å². The number of phenols is 2. The SMILES string of the molecule is CC(=O)N[C@@H](CC(C)C)C(=O)N[C@@H](Cc1ccc(O)cc1)C(=O)N[C@@H](CCCN=C(N)N)C(=O)N[C@@H](C)C(=O)N[C@@H](CO)C(=O)N[C@H](C(=O)N[C@@H](CO)C(=O)N1CCC[C@H]1C(=O)NCC(=O)N[C@@H](Cc1ccc(O)cc1)C(=O)N[C@@H](CO)C(N)=O)[C@@H](C)O. The molecule has 88 heavy (non-hydrogen) atoms. The fraction of sp³-hybridized carbons (Fsp3) is 0.545. The minimum atomic E-state index is -1.92. The Bertz CT molecular complexity index is 2780. The average molecular weight is 1240 g/mol. The number of guanidine groups is 1. The predicted molar refractivity (Wildman–Crippen MR) is 312 cm³/mol. The maximum absolute atomic E-state index is 14.1. The van der Waals surface area contributed by atoms with Crippen LogP contribution in [0.25, 0.3) is 0 Å². The van der Waals surface area contributed by atoms with E-state index in [2.05, 4.69) is 58.2 Å². The molecule has 1 fully saturated rings.